The van der Waals surface area contributed by atoms with E-state index in [0.29, 0.717) is 11.4 Å². The van der Waals surface area contributed by atoms with Crippen LogP contribution in [0.2, 0.25) is 0 Å². The Labute approximate surface area is 135 Å². The molecule has 0 aromatic heterocycles. The number of hydrogen-bond donors (Lipinski definition) is 1. The van der Waals surface area contributed by atoms with E-state index in [1.807, 2.05) is 37.3 Å². The fourth-order valence-electron chi connectivity index (χ4n) is 1.82. The van der Waals surface area contributed by atoms with Crippen molar-refractivity contribution in [3.8, 4) is 5.75 Å². The molecule has 0 radical (unpaired) electrons. The Morgan fingerprint density at radius 2 is 1.70 bits per heavy atom. The maximum Gasteiger partial charge on any atom is 0.309 e. The Morgan fingerprint density at radius 1 is 1.00 bits per heavy atom. The number of esters is 1. The molecule has 0 saturated heterocycles. The van der Waals surface area contributed by atoms with Gasteiger partial charge in [-0.15, -0.1) is 0 Å². The Morgan fingerprint density at radius 3 is 2.39 bits per heavy atom. The molecule has 1 amide bonds. The molecule has 0 unspecified atom stereocenters. The molecule has 2 rings (SSSR count). The van der Waals surface area contributed by atoms with Gasteiger partial charge in [0, 0.05) is 5.69 Å². The van der Waals surface area contributed by atoms with Gasteiger partial charge in [-0.3, -0.25) is 9.59 Å². The average molecular weight is 313 g/mol. The van der Waals surface area contributed by atoms with E-state index >= 15 is 0 Å². The lowest BCUT2D eigenvalue weighted by Gasteiger charge is -2.08. The van der Waals surface area contributed by atoms with Gasteiger partial charge in [-0.25, -0.2) is 0 Å². The van der Waals surface area contributed by atoms with Gasteiger partial charge < -0.3 is 14.8 Å². The van der Waals surface area contributed by atoms with Gasteiger partial charge in [0.15, 0.2) is 6.61 Å². The van der Waals surface area contributed by atoms with E-state index < -0.39 is 5.97 Å². The average Bonchev–Trinajstić information content (AvgIpc) is 2.56. The first-order valence-corrected chi connectivity index (χ1v) is 7.33. The standard InChI is InChI=1S/C18H19NO4/c1-14-7-9-15(10-8-14)19-17(20)13-23-18(21)11-12-22-16-5-3-2-4-6-16/h2-10H,11-13H2,1H3,(H,19,20). The van der Waals surface area contributed by atoms with Crippen LogP contribution < -0.4 is 10.1 Å². The minimum Gasteiger partial charge on any atom is -0.493 e. The highest BCUT2D eigenvalue weighted by atomic mass is 16.5. The van der Waals surface area contributed by atoms with E-state index in [-0.39, 0.29) is 25.5 Å². The molecule has 23 heavy (non-hydrogen) atoms. The third kappa shape index (κ3) is 6.22. The molecule has 0 bridgehead atoms. The number of carbonyl (C=O) groups is 2. The molecule has 0 fully saturated rings. The van der Waals surface area contributed by atoms with Crippen molar-refractivity contribution in [3.05, 3.63) is 60.2 Å². The lowest BCUT2D eigenvalue weighted by Crippen LogP contribution is -2.21. The summed E-state index contributed by atoms with van der Waals surface area (Å²) in [6, 6.07) is 16.6. The topological polar surface area (TPSA) is 64.6 Å². The molecule has 1 N–H and O–H groups in total. The van der Waals surface area contributed by atoms with Gasteiger partial charge in [0.2, 0.25) is 0 Å². The predicted octanol–water partition coefficient (Wildman–Crippen LogP) is 2.95. The summed E-state index contributed by atoms with van der Waals surface area (Å²) >= 11 is 0. The second-order valence-corrected chi connectivity index (χ2v) is 4.99. The van der Waals surface area contributed by atoms with Crippen molar-refractivity contribution in [1.82, 2.24) is 0 Å². The van der Waals surface area contributed by atoms with Gasteiger partial charge in [-0.1, -0.05) is 35.9 Å². The zero-order valence-corrected chi connectivity index (χ0v) is 13.0. The summed E-state index contributed by atoms with van der Waals surface area (Å²) < 4.78 is 10.3. The molecule has 5 nitrogen and oxygen atoms in total. The van der Waals surface area contributed by atoms with Gasteiger partial charge >= 0.3 is 5.97 Å². The zero-order chi connectivity index (χ0) is 16.5. The minimum absolute atomic E-state index is 0.0900. The number of anilines is 1. The number of para-hydroxylation sites is 1. The first kappa shape index (κ1) is 16.5. The summed E-state index contributed by atoms with van der Waals surface area (Å²) in [5.74, 6) is -0.149. The van der Waals surface area contributed by atoms with E-state index in [4.69, 9.17) is 9.47 Å². The summed E-state index contributed by atoms with van der Waals surface area (Å²) in [5.41, 5.74) is 1.77. The number of hydrogen-bond acceptors (Lipinski definition) is 4. The second-order valence-electron chi connectivity index (χ2n) is 4.99. The highest BCUT2D eigenvalue weighted by molar-refractivity contribution is 5.92. The normalized spacial score (nSPS) is 9.96. The van der Waals surface area contributed by atoms with E-state index in [0.717, 1.165) is 5.56 Å². The zero-order valence-electron chi connectivity index (χ0n) is 13.0. The summed E-state index contributed by atoms with van der Waals surface area (Å²) in [6.07, 6.45) is 0.0900. The molecule has 0 saturated carbocycles. The van der Waals surface area contributed by atoms with Crippen LogP contribution in [-0.2, 0) is 14.3 Å². The van der Waals surface area contributed by atoms with Crippen molar-refractivity contribution in [2.75, 3.05) is 18.5 Å². The molecule has 0 atom stereocenters. The third-order valence-electron chi connectivity index (χ3n) is 3.02. The van der Waals surface area contributed by atoms with Gasteiger partial charge in [0.1, 0.15) is 5.75 Å². The molecular formula is C18H19NO4. The van der Waals surface area contributed by atoms with E-state index in [1.165, 1.54) is 0 Å². The maximum absolute atomic E-state index is 11.7. The number of amides is 1. The third-order valence-corrected chi connectivity index (χ3v) is 3.02. The van der Waals surface area contributed by atoms with Crippen LogP contribution in [0, 0.1) is 6.92 Å². The predicted molar refractivity (Wildman–Crippen MR) is 87.3 cm³/mol. The lowest BCUT2D eigenvalue weighted by molar-refractivity contribution is -0.147. The molecule has 5 heteroatoms. The number of rotatable bonds is 7. The van der Waals surface area contributed by atoms with Crippen molar-refractivity contribution >= 4 is 17.6 Å². The number of carbonyl (C=O) groups excluding carboxylic acids is 2. The first-order valence-electron chi connectivity index (χ1n) is 7.33. The quantitative estimate of drug-likeness (QED) is 0.798. The van der Waals surface area contributed by atoms with Crippen LogP contribution >= 0.6 is 0 Å². The minimum atomic E-state index is -0.472. The highest BCUT2D eigenvalue weighted by Crippen LogP contribution is 2.09. The molecule has 120 valence electrons. The summed E-state index contributed by atoms with van der Waals surface area (Å²) in [7, 11) is 0. The SMILES string of the molecule is Cc1ccc(NC(=O)COC(=O)CCOc2ccccc2)cc1. The van der Waals surface area contributed by atoms with Crippen LogP contribution in [0.15, 0.2) is 54.6 Å². The summed E-state index contributed by atoms with van der Waals surface area (Å²) in [6.45, 7) is 1.87. The second kappa shape index (κ2) is 8.58. The van der Waals surface area contributed by atoms with Crippen LogP contribution in [0.5, 0.6) is 5.75 Å². The monoisotopic (exact) mass is 313 g/mol. The van der Waals surface area contributed by atoms with Crippen molar-refractivity contribution in [1.29, 1.82) is 0 Å². The van der Waals surface area contributed by atoms with Crippen molar-refractivity contribution < 1.29 is 19.1 Å². The number of aryl methyl sites for hydroxylation is 1. The molecule has 0 aliphatic carbocycles. The largest absolute Gasteiger partial charge is 0.493 e. The van der Waals surface area contributed by atoms with E-state index in [2.05, 4.69) is 5.32 Å². The van der Waals surface area contributed by atoms with E-state index in [1.54, 1.807) is 24.3 Å². The van der Waals surface area contributed by atoms with Crippen LogP contribution in [0.1, 0.15) is 12.0 Å². The van der Waals surface area contributed by atoms with Gasteiger partial charge in [-0.05, 0) is 31.2 Å². The van der Waals surface area contributed by atoms with Crippen molar-refractivity contribution in [3.63, 3.8) is 0 Å². The van der Waals surface area contributed by atoms with E-state index in [9.17, 15) is 9.59 Å². The Hall–Kier alpha value is -2.82. The van der Waals surface area contributed by atoms with Crippen LogP contribution in [0.3, 0.4) is 0 Å². The van der Waals surface area contributed by atoms with Crippen LogP contribution in [0.25, 0.3) is 0 Å². The Kier molecular flexibility index (Phi) is 6.17. The number of nitrogens with one attached hydrogen (secondary N) is 1. The fourth-order valence-corrected chi connectivity index (χ4v) is 1.82. The summed E-state index contributed by atoms with van der Waals surface area (Å²) in [4.78, 5) is 23.2. The summed E-state index contributed by atoms with van der Waals surface area (Å²) in [5, 5.41) is 2.66. The molecule has 0 spiro atoms. The van der Waals surface area contributed by atoms with Gasteiger partial charge in [0.05, 0.1) is 13.0 Å². The first-order chi connectivity index (χ1) is 11.1. The molecule has 0 aliphatic rings. The lowest BCUT2D eigenvalue weighted by atomic mass is 10.2. The Balaban J connectivity index is 1.63. The molecule has 0 aliphatic heterocycles. The Bertz CT molecular complexity index is 638. The smallest absolute Gasteiger partial charge is 0.309 e. The van der Waals surface area contributed by atoms with Crippen molar-refractivity contribution in [2.45, 2.75) is 13.3 Å². The van der Waals surface area contributed by atoms with Crippen LogP contribution in [-0.4, -0.2) is 25.1 Å². The molecular weight excluding hydrogens is 294 g/mol. The van der Waals surface area contributed by atoms with Gasteiger partial charge in [-0.2, -0.15) is 0 Å². The van der Waals surface area contributed by atoms with Crippen LogP contribution in [0.4, 0.5) is 5.69 Å². The number of benzene rings is 2. The fraction of sp³-hybridized carbons (Fsp3) is 0.222. The number of ether oxygens (including phenoxy) is 2. The maximum atomic E-state index is 11.7. The van der Waals surface area contributed by atoms with Gasteiger partial charge in [0.25, 0.3) is 5.91 Å². The molecule has 2 aromatic carbocycles. The molecule has 0 heterocycles. The molecule has 2 aromatic rings. The van der Waals surface area contributed by atoms with Crippen molar-refractivity contribution in [2.24, 2.45) is 0 Å². The highest BCUT2D eigenvalue weighted by Gasteiger charge is 2.08.